The van der Waals surface area contributed by atoms with Crippen LogP contribution in [-0.2, 0) is 11.2 Å². The number of rotatable bonds is 4. The normalized spacial score (nSPS) is 10.6. The van der Waals surface area contributed by atoms with Crippen LogP contribution in [0.2, 0.25) is 0 Å². The van der Waals surface area contributed by atoms with E-state index in [4.69, 9.17) is 0 Å². The molecule has 3 aromatic rings. The number of nitrogens with one attached hydrogen (secondary N) is 1. The highest BCUT2D eigenvalue weighted by molar-refractivity contribution is 5.93. The van der Waals surface area contributed by atoms with Gasteiger partial charge in [0.2, 0.25) is 5.91 Å². The van der Waals surface area contributed by atoms with Crippen molar-refractivity contribution < 1.29 is 4.79 Å². The minimum absolute atomic E-state index is 0.0676. The van der Waals surface area contributed by atoms with Gasteiger partial charge >= 0.3 is 0 Å². The van der Waals surface area contributed by atoms with Gasteiger partial charge in [-0.1, -0.05) is 12.1 Å². The van der Waals surface area contributed by atoms with Crippen LogP contribution in [0.25, 0.3) is 5.69 Å². The van der Waals surface area contributed by atoms with Gasteiger partial charge in [0.05, 0.1) is 23.5 Å². The molecule has 0 atom stereocenters. The number of aryl methyl sites for hydroxylation is 3. The van der Waals surface area contributed by atoms with Crippen LogP contribution in [0, 0.1) is 20.8 Å². The van der Waals surface area contributed by atoms with Gasteiger partial charge in [-0.25, -0.2) is 4.68 Å². The SMILES string of the molecule is Cc1cc(C)c(NC(=O)Cc2ccc(-n3cnnn3)cc2)c(C)n1. The highest BCUT2D eigenvalue weighted by Gasteiger charge is 2.10. The van der Waals surface area contributed by atoms with E-state index in [-0.39, 0.29) is 5.91 Å². The molecule has 0 bridgehead atoms. The number of carbonyl (C=O) groups is 1. The molecule has 1 amide bonds. The van der Waals surface area contributed by atoms with Gasteiger partial charge in [0.25, 0.3) is 0 Å². The third kappa shape index (κ3) is 3.45. The highest BCUT2D eigenvalue weighted by Crippen LogP contribution is 2.19. The second-order valence-electron chi connectivity index (χ2n) is 5.69. The number of benzene rings is 1. The number of pyridine rings is 1. The Morgan fingerprint density at radius 3 is 2.54 bits per heavy atom. The minimum atomic E-state index is -0.0676. The van der Waals surface area contributed by atoms with Crippen LogP contribution >= 0.6 is 0 Å². The molecule has 0 saturated heterocycles. The molecule has 1 N–H and O–H groups in total. The topological polar surface area (TPSA) is 85.6 Å². The molecule has 0 spiro atoms. The van der Waals surface area contributed by atoms with Crippen LogP contribution in [0.4, 0.5) is 5.69 Å². The predicted octanol–water partition coefficient (Wildman–Crippen LogP) is 2.16. The number of carbonyl (C=O) groups excluding carboxylic acids is 1. The maximum atomic E-state index is 12.3. The summed E-state index contributed by atoms with van der Waals surface area (Å²) >= 11 is 0. The van der Waals surface area contributed by atoms with Crippen molar-refractivity contribution in [2.45, 2.75) is 27.2 Å². The lowest BCUT2D eigenvalue weighted by atomic mass is 10.1. The Morgan fingerprint density at radius 2 is 1.92 bits per heavy atom. The van der Waals surface area contributed by atoms with Gasteiger partial charge in [-0.3, -0.25) is 9.78 Å². The Kier molecular flexibility index (Phi) is 4.33. The van der Waals surface area contributed by atoms with Crippen LogP contribution in [0.15, 0.2) is 36.7 Å². The van der Waals surface area contributed by atoms with Crippen molar-refractivity contribution in [1.82, 2.24) is 25.2 Å². The van der Waals surface area contributed by atoms with E-state index in [0.29, 0.717) is 6.42 Å². The molecule has 0 saturated carbocycles. The molecule has 3 rings (SSSR count). The molecule has 0 aliphatic rings. The van der Waals surface area contributed by atoms with E-state index in [9.17, 15) is 4.79 Å². The number of hydrogen-bond acceptors (Lipinski definition) is 5. The molecule has 0 fully saturated rings. The van der Waals surface area contributed by atoms with Crippen molar-refractivity contribution >= 4 is 11.6 Å². The molecule has 0 unspecified atom stereocenters. The average molecular weight is 322 g/mol. The first-order chi connectivity index (χ1) is 11.5. The number of hydrogen-bond donors (Lipinski definition) is 1. The Bertz CT molecular complexity index is 832. The lowest BCUT2D eigenvalue weighted by molar-refractivity contribution is -0.115. The Hall–Kier alpha value is -3.09. The second-order valence-corrected chi connectivity index (χ2v) is 5.69. The maximum Gasteiger partial charge on any atom is 0.228 e. The van der Waals surface area contributed by atoms with Gasteiger partial charge in [-0.15, -0.1) is 5.10 Å². The first-order valence-electron chi connectivity index (χ1n) is 7.60. The molecule has 0 aliphatic carbocycles. The van der Waals surface area contributed by atoms with Crippen LogP contribution in [0.3, 0.4) is 0 Å². The lowest BCUT2D eigenvalue weighted by Gasteiger charge is -2.12. The fourth-order valence-corrected chi connectivity index (χ4v) is 2.63. The fraction of sp³-hybridized carbons (Fsp3) is 0.235. The Labute approximate surface area is 139 Å². The fourth-order valence-electron chi connectivity index (χ4n) is 2.63. The highest BCUT2D eigenvalue weighted by atomic mass is 16.1. The lowest BCUT2D eigenvalue weighted by Crippen LogP contribution is -2.16. The van der Waals surface area contributed by atoms with E-state index in [2.05, 4.69) is 25.8 Å². The third-order valence-corrected chi connectivity index (χ3v) is 3.70. The van der Waals surface area contributed by atoms with Crippen molar-refractivity contribution in [1.29, 1.82) is 0 Å². The van der Waals surface area contributed by atoms with Crippen LogP contribution in [0.5, 0.6) is 0 Å². The van der Waals surface area contributed by atoms with Crippen molar-refractivity contribution in [3.63, 3.8) is 0 Å². The van der Waals surface area contributed by atoms with Crippen molar-refractivity contribution in [2.75, 3.05) is 5.32 Å². The first-order valence-corrected chi connectivity index (χ1v) is 7.60. The Morgan fingerprint density at radius 1 is 1.17 bits per heavy atom. The van der Waals surface area contributed by atoms with Crippen molar-refractivity contribution in [3.8, 4) is 5.69 Å². The molecule has 0 aliphatic heterocycles. The van der Waals surface area contributed by atoms with Gasteiger partial charge < -0.3 is 5.32 Å². The predicted molar refractivity (Wildman–Crippen MR) is 89.9 cm³/mol. The van der Waals surface area contributed by atoms with Crippen LogP contribution < -0.4 is 5.32 Å². The summed E-state index contributed by atoms with van der Waals surface area (Å²) in [5, 5.41) is 14.0. The van der Waals surface area contributed by atoms with Gasteiger partial charge in [-0.05, 0) is 60.5 Å². The zero-order chi connectivity index (χ0) is 17.1. The van der Waals surface area contributed by atoms with Crippen molar-refractivity contribution in [3.05, 3.63) is 59.2 Å². The molecule has 122 valence electrons. The van der Waals surface area contributed by atoms with Gasteiger partial charge in [-0.2, -0.15) is 0 Å². The summed E-state index contributed by atoms with van der Waals surface area (Å²) < 4.78 is 1.56. The summed E-state index contributed by atoms with van der Waals surface area (Å²) in [4.78, 5) is 16.7. The summed E-state index contributed by atoms with van der Waals surface area (Å²) in [6, 6.07) is 9.50. The molecule has 1 aromatic carbocycles. The number of anilines is 1. The number of nitrogens with zero attached hydrogens (tertiary/aromatic N) is 5. The minimum Gasteiger partial charge on any atom is -0.324 e. The van der Waals surface area contributed by atoms with Gasteiger partial charge in [0.1, 0.15) is 6.33 Å². The van der Waals surface area contributed by atoms with Crippen molar-refractivity contribution in [2.24, 2.45) is 0 Å². The third-order valence-electron chi connectivity index (χ3n) is 3.70. The number of aromatic nitrogens is 5. The zero-order valence-electron chi connectivity index (χ0n) is 13.8. The molecule has 7 nitrogen and oxygen atoms in total. The molecule has 2 aromatic heterocycles. The standard InChI is InChI=1S/C17H18N6O/c1-11-8-12(2)19-13(3)17(11)20-16(24)9-14-4-6-15(7-5-14)23-10-18-21-22-23/h4-8,10H,9H2,1-3H3,(H,20,24). The first kappa shape index (κ1) is 15.8. The summed E-state index contributed by atoms with van der Waals surface area (Å²) in [5.41, 5.74) is 5.34. The smallest absolute Gasteiger partial charge is 0.228 e. The molecule has 2 heterocycles. The zero-order valence-corrected chi connectivity index (χ0v) is 13.8. The van der Waals surface area contributed by atoms with E-state index in [1.807, 2.05) is 51.1 Å². The van der Waals surface area contributed by atoms with E-state index in [0.717, 1.165) is 33.9 Å². The van der Waals surface area contributed by atoms with E-state index < -0.39 is 0 Å². The maximum absolute atomic E-state index is 12.3. The van der Waals surface area contributed by atoms with Gasteiger partial charge in [0.15, 0.2) is 0 Å². The van der Waals surface area contributed by atoms with E-state index >= 15 is 0 Å². The summed E-state index contributed by atoms with van der Waals surface area (Å²) in [5.74, 6) is -0.0676. The monoisotopic (exact) mass is 322 g/mol. The van der Waals surface area contributed by atoms with Crippen LogP contribution in [0.1, 0.15) is 22.5 Å². The molecular weight excluding hydrogens is 304 g/mol. The Balaban J connectivity index is 1.69. The number of amides is 1. The summed E-state index contributed by atoms with van der Waals surface area (Å²) in [6.07, 6.45) is 1.82. The van der Waals surface area contributed by atoms with E-state index in [1.54, 1.807) is 4.68 Å². The molecule has 7 heteroatoms. The quantitative estimate of drug-likeness (QED) is 0.795. The number of tetrazole rings is 1. The van der Waals surface area contributed by atoms with E-state index in [1.165, 1.54) is 6.33 Å². The summed E-state index contributed by atoms with van der Waals surface area (Å²) in [7, 11) is 0. The average Bonchev–Trinajstić information content (AvgIpc) is 3.06. The van der Waals surface area contributed by atoms with Crippen LogP contribution in [-0.4, -0.2) is 31.1 Å². The second kappa shape index (κ2) is 6.57. The molecule has 0 radical (unpaired) electrons. The molecule has 24 heavy (non-hydrogen) atoms. The molecular formula is C17H18N6O. The largest absolute Gasteiger partial charge is 0.324 e. The summed E-state index contributed by atoms with van der Waals surface area (Å²) in [6.45, 7) is 5.81. The van der Waals surface area contributed by atoms with Gasteiger partial charge in [0, 0.05) is 5.69 Å².